The summed E-state index contributed by atoms with van der Waals surface area (Å²) in [5.41, 5.74) is 4.74. The first-order valence-corrected chi connectivity index (χ1v) is 8.71. The molecule has 1 fully saturated rings. The van der Waals surface area contributed by atoms with Gasteiger partial charge >= 0.3 is 5.97 Å². The summed E-state index contributed by atoms with van der Waals surface area (Å²) in [5.74, 6) is 1.23. The lowest BCUT2D eigenvalue weighted by atomic mass is 9.71. The lowest BCUT2D eigenvalue weighted by molar-refractivity contribution is 0.0507. The number of imidazole rings is 1. The van der Waals surface area contributed by atoms with Crippen molar-refractivity contribution in [2.24, 2.45) is 7.05 Å². The zero-order valence-electron chi connectivity index (χ0n) is 12.6. The summed E-state index contributed by atoms with van der Waals surface area (Å²) >= 11 is 2.33. The molecule has 0 N–H and O–H groups in total. The Labute approximate surface area is 143 Å². The Morgan fingerprint density at radius 2 is 2.18 bits per heavy atom. The molecule has 1 aromatic heterocycles. The van der Waals surface area contributed by atoms with Crippen molar-refractivity contribution < 1.29 is 9.53 Å². The van der Waals surface area contributed by atoms with E-state index in [2.05, 4.69) is 45.8 Å². The molecule has 3 aliphatic rings. The molecule has 0 radical (unpaired) electrons. The average Bonchev–Trinajstić information content (AvgIpc) is 2.64. The predicted molar refractivity (Wildman–Crippen MR) is 92.0 cm³/mol. The van der Waals surface area contributed by atoms with Crippen molar-refractivity contribution in [1.82, 2.24) is 9.55 Å². The fraction of sp³-hybridized carbons (Fsp3) is 0.412. The second kappa shape index (κ2) is 5.08. The third kappa shape index (κ3) is 1.94. The monoisotopic (exact) mass is 408 g/mol. The molecule has 3 aliphatic carbocycles. The highest BCUT2D eigenvalue weighted by molar-refractivity contribution is 14.1. The van der Waals surface area contributed by atoms with Crippen LogP contribution in [-0.4, -0.2) is 22.1 Å². The number of ether oxygens (including phenoxy) is 1. The topological polar surface area (TPSA) is 44.1 Å². The molecule has 1 saturated carbocycles. The van der Waals surface area contributed by atoms with Crippen LogP contribution >= 0.6 is 22.6 Å². The molecule has 2 aromatic rings. The lowest BCUT2D eigenvalue weighted by Gasteiger charge is -2.34. The maximum Gasteiger partial charge on any atom is 0.374 e. The minimum absolute atomic E-state index is 0.332. The predicted octanol–water partition coefficient (Wildman–Crippen LogP) is 3.84. The Kier molecular flexibility index (Phi) is 3.29. The molecule has 2 bridgehead atoms. The number of hydrogen-bond donors (Lipinski definition) is 0. The normalized spacial score (nSPS) is 21.4. The number of aromatic nitrogens is 2. The third-order valence-corrected chi connectivity index (χ3v) is 5.50. The van der Waals surface area contributed by atoms with Crippen molar-refractivity contribution in [2.45, 2.75) is 31.6 Å². The Bertz CT molecular complexity index is 775. The number of hydrogen-bond acceptors (Lipinski definition) is 3. The Hall–Kier alpha value is -1.37. The number of carbonyl (C=O) groups is 1. The largest absolute Gasteiger partial charge is 0.460 e. The molecule has 1 heterocycles. The lowest BCUT2D eigenvalue weighted by Crippen LogP contribution is -2.21. The van der Waals surface area contributed by atoms with Gasteiger partial charge in [0.1, 0.15) is 0 Å². The van der Waals surface area contributed by atoms with Crippen LogP contribution in [0.2, 0.25) is 0 Å². The fourth-order valence-corrected chi connectivity index (χ4v) is 4.23. The molecule has 0 saturated heterocycles. The second-order valence-electron chi connectivity index (χ2n) is 6.05. The van der Waals surface area contributed by atoms with Crippen molar-refractivity contribution in [2.75, 3.05) is 6.61 Å². The molecule has 1 aromatic carbocycles. The molecule has 0 amide bonds. The molecular formula is C17H17IN2O2. The van der Waals surface area contributed by atoms with Crippen LogP contribution in [0.25, 0.3) is 11.3 Å². The molecule has 0 aliphatic heterocycles. The van der Waals surface area contributed by atoms with E-state index in [-0.39, 0.29) is 5.97 Å². The molecule has 0 spiro atoms. The van der Waals surface area contributed by atoms with Crippen LogP contribution in [0.15, 0.2) is 18.2 Å². The van der Waals surface area contributed by atoms with Crippen LogP contribution in [0.5, 0.6) is 0 Å². The van der Waals surface area contributed by atoms with Gasteiger partial charge in [0.2, 0.25) is 5.82 Å². The number of halogens is 1. The molecule has 5 rings (SSSR count). The number of nitrogens with zero attached hydrogens (tertiary/aromatic N) is 2. The Morgan fingerprint density at radius 1 is 1.41 bits per heavy atom. The van der Waals surface area contributed by atoms with E-state index in [9.17, 15) is 4.79 Å². The van der Waals surface area contributed by atoms with Crippen LogP contribution in [0.3, 0.4) is 0 Å². The zero-order valence-corrected chi connectivity index (χ0v) is 14.8. The van der Waals surface area contributed by atoms with Crippen molar-refractivity contribution in [1.29, 1.82) is 0 Å². The highest BCUT2D eigenvalue weighted by Gasteiger charge is 2.41. The van der Waals surface area contributed by atoms with Gasteiger partial charge in [0.15, 0.2) is 0 Å². The van der Waals surface area contributed by atoms with Gasteiger partial charge in [-0.15, -0.1) is 0 Å². The quantitative estimate of drug-likeness (QED) is 0.560. The standard InChI is InChI=1S/C17H17IN2O2/c1-3-22-17(21)16-19-14-13-8-11(18)4-5-12(13)9-6-10(7-9)15(14)20(16)2/h4-5,8-10H,3,6-7H2,1-2H3. The number of esters is 1. The summed E-state index contributed by atoms with van der Waals surface area (Å²) in [7, 11) is 1.93. The van der Waals surface area contributed by atoms with Crippen molar-refractivity contribution in [3.63, 3.8) is 0 Å². The first kappa shape index (κ1) is 14.2. The van der Waals surface area contributed by atoms with E-state index < -0.39 is 0 Å². The van der Waals surface area contributed by atoms with E-state index in [0.29, 0.717) is 24.3 Å². The van der Waals surface area contributed by atoms with E-state index in [1.165, 1.54) is 20.4 Å². The average molecular weight is 408 g/mol. The number of carbonyl (C=O) groups excluding carboxylic acids is 1. The summed E-state index contributed by atoms with van der Waals surface area (Å²) in [4.78, 5) is 16.8. The van der Waals surface area contributed by atoms with Crippen LogP contribution in [0, 0.1) is 3.57 Å². The van der Waals surface area contributed by atoms with E-state index >= 15 is 0 Å². The first-order valence-electron chi connectivity index (χ1n) is 7.63. The molecule has 0 atom stereocenters. The van der Waals surface area contributed by atoms with Crippen molar-refractivity contribution in [3.05, 3.63) is 38.9 Å². The SMILES string of the molecule is CCOC(=O)c1nc2c(n1C)C1CC(C1)c1ccc(I)cc1-2. The van der Waals surface area contributed by atoms with Crippen LogP contribution in [0.1, 0.15) is 53.5 Å². The highest BCUT2D eigenvalue weighted by Crippen LogP contribution is 2.55. The van der Waals surface area contributed by atoms with Gasteiger partial charge in [0.25, 0.3) is 0 Å². The smallest absolute Gasteiger partial charge is 0.374 e. The van der Waals surface area contributed by atoms with E-state index in [1.807, 2.05) is 18.5 Å². The summed E-state index contributed by atoms with van der Waals surface area (Å²) < 4.78 is 8.30. The molecule has 114 valence electrons. The van der Waals surface area contributed by atoms with Gasteiger partial charge in [-0.2, -0.15) is 0 Å². The summed E-state index contributed by atoms with van der Waals surface area (Å²) in [6.07, 6.45) is 2.31. The molecular weight excluding hydrogens is 391 g/mol. The highest BCUT2D eigenvalue weighted by atomic mass is 127. The van der Waals surface area contributed by atoms with Gasteiger partial charge < -0.3 is 9.30 Å². The van der Waals surface area contributed by atoms with Crippen molar-refractivity contribution >= 4 is 28.6 Å². The van der Waals surface area contributed by atoms with Gasteiger partial charge in [-0.05, 0) is 66.0 Å². The molecule has 5 heteroatoms. The molecule has 22 heavy (non-hydrogen) atoms. The van der Waals surface area contributed by atoms with Crippen LogP contribution < -0.4 is 0 Å². The minimum atomic E-state index is -0.332. The zero-order chi connectivity index (χ0) is 15.4. The fourth-order valence-electron chi connectivity index (χ4n) is 3.74. The van der Waals surface area contributed by atoms with Crippen LogP contribution in [-0.2, 0) is 11.8 Å². The molecule has 4 nitrogen and oxygen atoms in total. The van der Waals surface area contributed by atoms with Gasteiger partial charge in [0.05, 0.1) is 12.3 Å². The van der Waals surface area contributed by atoms with E-state index in [0.717, 1.165) is 18.5 Å². The van der Waals surface area contributed by atoms with Crippen LogP contribution in [0.4, 0.5) is 0 Å². The summed E-state index contributed by atoms with van der Waals surface area (Å²) in [6.45, 7) is 2.19. The maximum atomic E-state index is 12.2. The number of benzene rings is 1. The Morgan fingerprint density at radius 3 is 2.91 bits per heavy atom. The van der Waals surface area contributed by atoms with Gasteiger partial charge in [-0.25, -0.2) is 9.78 Å². The van der Waals surface area contributed by atoms with Gasteiger partial charge in [0, 0.05) is 27.8 Å². The third-order valence-electron chi connectivity index (χ3n) is 4.83. The van der Waals surface area contributed by atoms with E-state index in [1.54, 1.807) is 0 Å². The summed E-state index contributed by atoms with van der Waals surface area (Å²) in [5, 5.41) is 0. The minimum Gasteiger partial charge on any atom is -0.460 e. The number of rotatable bonds is 2. The van der Waals surface area contributed by atoms with Gasteiger partial charge in [-0.3, -0.25) is 0 Å². The second-order valence-corrected chi connectivity index (χ2v) is 7.29. The van der Waals surface area contributed by atoms with Gasteiger partial charge in [-0.1, -0.05) is 6.07 Å². The van der Waals surface area contributed by atoms with E-state index in [4.69, 9.17) is 4.74 Å². The Balaban J connectivity index is 1.93. The first-order chi connectivity index (χ1) is 10.6. The molecule has 0 unspecified atom stereocenters. The maximum absolute atomic E-state index is 12.2. The summed E-state index contributed by atoms with van der Waals surface area (Å²) in [6, 6.07) is 6.58. The van der Waals surface area contributed by atoms with Crippen molar-refractivity contribution in [3.8, 4) is 11.3 Å².